The predicted octanol–water partition coefficient (Wildman–Crippen LogP) is 2.45. The van der Waals surface area contributed by atoms with Gasteiger partial charge in [-0.2, -0.15) is 0 Å². The van der Waals surface area contributed by atoms with Crippen molar-refractivity contribution in [2.45, 2.75) is 51.5 Å². The third-order valence-electron chi connectivity index (χ3n) is 4.11. The van der Waals surface area contributed by atoms with Crippen molar-refractivity contribution in [2.24, 2.45) is 0 Å². The summed E-state index contributed by atoms with van der Waals surface area (Å²) in [5, 5.41) is 0. The summed E-state index contributed by atoms with van der Waals surface area (Å²) < 4.78 is 0. The molecular weight excluding hydrogens is 222 g/mol. The number of nitrogens with one attached hydrogen (secondary N) is 1. The first-order chi connectivity index (χ1) is 8.88. The quantitative estimate of drug-likeness (QED) is 0.809. The molecule has 1 aliphatic heterocycles. The van der Waals surface area contributed by atoms with Gasteiger partial charge in [0.2, 0.25) is 0 Å². The molecule has 1 aliphatic carbocycles. The third-order valence-corrected chi connectivity index (χ3v) is 4.11. The number of aryl methyl sites for hydroxylation is 2. The van der Waals surface area contributed by atoms with Crippen molar-refractivity contribution in [1.82, 2.24) is 14.9 Å². The van der Waals surface area contributed by atoms with Crippen LogP contribution in [0.3, 0.4) is 0 Å². The molecule has 2 heterocycles. The average Bonchev–Trinajstić information content (AvgIpc) is 3.01. The van der Waals surface area contributed by atoms with Gasteiger partial charge in [0, 0.05) is 5.69 Å². The maximum Gasteiger partial charge on any atom is 0.124 e. The van der Waals surface area contributed by atoms with Crippen LogP contribution in [0.4, 0.5) is 0 Å². The van der Waals surface area contributed by atoms with Crippen LogP contribution in [0.25, 0.3) is 0 Å². The SMILES string of the molecule is CC#CCN1CCCC1c1nc2c([nH]1)CCCC2. The minimum atomic E-state index is 0.469. The molecule has 1 aromatic heterocycles. The Kier molecular flexibility index (Phi) is 3.38. The molecule has 1 aromatic rings. The second kappa shape index (κ2) is 5.16. The third kappa shape index (κ3) is 2.18. The zero-order valence-corrected chi connectivity index (χ0v) is 11.1. The minimum absolute atomic E-state index is 0.469. The van der Waals surface area contributed by atoms with Gasteiger partial charge in [-0.15, -0.1) is 5.92 Å². The summed E-state index contributed by atoms with van der Waals surface area (Å²) in [5.41, 5.74) is 2.72. The summed E-state index contributed by atoms with van der Waals surface area (Å²) in [6.45, 7) is 3.95. The highest BCUT2D eigenvalue weighted by Crippen LogP contribution is 2.31. The Balaban J connectivity index is 1.79. The molecule has 1 unspecified atom stereocenters. The fourth-order valence-corrected chi connectivity index (χ4v) is 3.14. The molecule has 0 amide bonds. The van der Waals surface area contributed by atoms with Gasteiger partial charge in [0.25, 0.3) is 0 Å². The zero-order chi connectivity index (χ0) is 12.4. The molecule has 3 nitrogen and oxygen atoms in total. The molecule has 1 N–H and O–H groups in total. The van der Waals surface area contributed by atoms with Crippen molar-refractivity contribution in [3.63, 3.8) is 0 Å². The van der Waals surface area contributed by atoms with Crippen LogP contribution in [-0.2, 0) is 12.8 Å². The van der Waals surface area contributed by atoms with Crippen LogP contribution in [0.15, 0.2) is 0 Å². The van der Waals surface area contributed by atoms with E-state index < -0.39 is 0 Å². The first kappa shape index (κ1) is 11.8. The van der Waals surface area contributed by atoms with Crippen LogP contribution in [0.5, 0.6) is 0 Å². The number of imidazole rings is 1. The average molecular weight is 243 g/mol. The maximum absolute atomic E-state index is 4.85. The van der Waals surface area contributed by atoms with Crippen molar-refractivity contribution in [1.29, 1.82) is 0 Å². The Bertz CT molecular complexity index is 454. The molecule has 0 aromatic carbocycles. The van der Waals surface area contributed by atoms with E-state index in [2.05, 4.69) is 21.7 Å². The van der Waals surface area contributed by atoms with Crippen LogP contribution in [0.2, 0.25) is 0 Å². The van der Waals surface area contributed by atoms with Gasteiger partial charge in [0.05, 0.1) is 18.3 Å². The summed E-state index contributed by atoms with van der Waals surface area (Å²) in [4.78, 5) is 10.9. The van der Waals surface area contributed by atoms with E-state index in [0.29, 0.717) is 6.04 Å². The van der Waals surface area contributed by atoms with Gasteiger partial charge in [-0.05, 0) is 52.0 Å². The van der Waals surface area contributed by atoms with E-state index in [0.717, 1.165) is 19.5 Å². The van der Waals surface area contributed by atoms with Gasteiger partial charge in [-0.1, -0.05) is 5.92 Å². The number of H-pyrrole nitrogens is 1. The van der Waals surface area contributed by atoms with Crippen LogP contribution >= 0.6 is 0 Å². The number of nitrogens with zero attached hydrogens (tertiary/aromatic N) is 2. The Morgan fingerprint density at radius 2 is 2.22 bits per heavy atom. The summed E-state index contributed by atoms with van der Waals surface area (Å²) in [6.07, 6.45) is 7.44. The number of aromatic amines is 1. The largest absolute Gasteiger partial charge is 0.344 e. The van der Waals surface area contributed by atoms with E-state index in [9.17, 15) is 0 Å². The number of fused-ring (bicyclic) bond motifs is 1. The fourth-order valence-electron chi connectivity index (χ4n) is 3.14. The minimum Gasteiger partial charge on any atom is -0.344 e. The maximum atomic E-state index is 4.85. The molecule has 0 spiro atoms. The van der Waals surface area contributed by atoms with E-state index in [-0.39, 0.29) is 0 Å². The molecule has 96 valence electrons. The van der Waals surface area contributed by atoms with Crippen LogP contribution < -0.4 is 0 Å². The van der Waals surface area contributed by atoms with Gasteiger partial charge >= 0.3 is 0 Å². The lowest BCUT2D eigenvalue weighted by atomic mass is 10.0. The first-order valence-corrected chi connectivity index (χ1v) is 7.10. The van der Waals surface area contributed by atoms with Crippen molar-refractivity contribution in [3.05, 3.63) is 17.2 Å². The van der Waals surface area contributed by atoms with Crippen molar-refractivity contribution >= 4 is 0 Å². The second-order valence-electron chi connectivity index (χ2n) is 5.31. The van der Waals surface area contributed by atoms with Gasteiger partial charge in [-0.25, -0.2) is 4.98 Å². The Labute approximate surface area is 109 Å². The molecule has 1 atom stereocenters. The van der Waals surface area contributed by atoms with E-state index >= 15 is 0 Å². The van der Waals surface area contributed by atoms with E-state index in [1.807, 2.05) is 6.92 Å². The van der Waals surface area contributed by atoms with Gasteiger partial charge in [0.1, 0.15) is 5.82 Å². The molecule has 3 rings (SSSR count). The normalized spacial score (nSPS) is 23.5. The zero-order valence-electron chi connectivity index (χ0n) is 11.1. The highest BCUT2D eigenvalue weighted by atomic mass is 15.2. The Morgan fingerprint density at radius 1 is 1.33 bits per heavy atom. The summed E-state index contributed by atoms with van der Waals surface area (Å²) in [6, 6.07) is 0.469. The second-order valence-corrected chi connectivity index (χ2v) is 5.31. The van der Waals surface area contributed by atoms with Crippen molar-refractivity contribution in [3.8, 4) is 11.8 Å². The molecule has 2 aliphatic rings. The topological polar surface area (TPSA) is 31.9 Å². The lowest BCUT2D eigenvalue weighted by molar-refractivity contribution is 0.280. The van der Waals surface area contributed by atoms with E-state index in [4.69, 9.17) is 4.98 Å². The van der Waals surface area contributed by atoms with Crippen LogP contribution in [0.1, 0.15) is 55.9 Å². The molecule has 18 heavy (non-hydrogen) atoms. The highest BCUT2D eigenvalue weighted by Gasteiger charge is 2.29. The molecular formula is C15H21N3. The van der Waals surface area contributed by atoms with E-state index in [1.54, 1.807) is 0 Å². The molecule has 1 saturated heterocycles. The molecule has 1 fully saturated rings. The molecule has 0 bridgehead atoms. The number of hydrogen-bond donors (Lipinski definition) is 1. The molecule has 3 heteroatoms. The van der Waals surface area contributed by atoms with E-state index in [1.165, 1.54) is 49.3 Å². The fraction of sp³-hybridized carbons (Fsp3) is 0.667. The van der Waals surface area contributed by atoms with Gasteiger partial charge in [-0.3, -0.25) is 4.90 Å². The molecule has 0 saturated carbocycles. The van der Waals surface area contributed by atoms with Crippen molar-refractivity contribution in [2.75, 3.05) is 13.1 Å². The van der Waals surface area contributed by atoms with Crippen molar-refractivity contribution < 1.29 is 0 Å². The Hall–Kier alpha value is -1.27. The lowest BCUT2D eigenvalue weighted by Gasteiger charge is -2.19. The first-order valence-electron chi connectivity index (χ1n) is 7.10. The lowest BCUT2D eigenvalue weighted by Crippen LogP contribution is -2.24. The monoisotopic (exact) mass is 243 g/mol. The summed E-state index contributed by atoms with van der Waals surface area (Å²) >= 11 is 0. The number of aromatic nitrogens is 2. The number of rotatable bonds is 2. The number of hydrogen-bond acceptors (Lipinski definition) is 2. The summed E-state index contributed by atoms with van der Waals surface area (Å²) in [7, 11) is 0. The standard InChI is InChI=1S/C15H21N3/c1-2-3-10-18-11-6-9-14(18)15-16-12-7-4-5-8-13(12)17-15/h14H,4-11H2,1H3,(H,16,17). The summed E-state index contributed by atoms with van der Waals surface area (Å²) in [5.74, 6) is 7.37. The van der Waals surface area contributed by atoms with Crippen LogP contribution in [0, 0.1) is 11.8 Å². The highest BCUT2D eigenvalue weighted by molar-refractivity contribution is 5.20. The molecule has 0 radical (unpaired) electrons. The number of likely N-dealkylation sites (tertiary alicyclic amines) is 1. The van der Waals surface area contributed by atoms with Gasteiger partial charge in [0.15, 0.2) is 0 Å². The predicted molar refractivity (Wildman–Crippen MR) is 72.2 cm³/mol. The van der Waals surface area contributed by atoms with Crippen LogP contribution in [-0.4, -0.2) is 28.0 Å². The Morgan fingerprint density at radius 3 is 3.06 bits per heavy atom. The smallest absolute Gasteiger partial charge is 0.124 e. The van der Waals surface area contributed by atoms with Gasteiger partial charge < -0.3 is 4.98 Å².